The van der Waals surface area contributed by atoms with E-state index in [1.54, 1.807) is 43.6 Å². The molecule has 26 heavy (non-hydrogen) atoms. The predicted molar refractivity (Wildman–Crippen MR) is 97.1 cm³/mol. The summed E-state index contributed by atoms with van der Waals surface area (Å²) < 4.78 is 5.78. The van der Waals surface area contributed by atoms with Crippen LogP contribution in [0.25, 0.3) is 0 Å². The molecule has 0 spiro atoms. The van der Waals surface area contributed by atoms with Crippen molar-refractivity contribution in [3.63, 3.8) is 0 Å². The number of nitrogens with zero attached hydrogens (tertiary/aromatic N) is 3. The molecule has 1 N–H and O–H groups in total. The third-order valence-electron chi connectivity index (χ3n) is 4.31. The summed E-state index contributed by atoms with van der Waals surface area (Å²) in [4.78, 5) is 33.3. The normalized spacial score (nSPS) is 16.8. The lowest BCUT2D eigenvalue weighted by Gasteiger charge is -2.31. The van der Waals surface area contributed by atoms with Crippen molar-refractivity contribution in [2.45, 2.75) is 32.6 Å². The lowest BCUT2D eigenvalue weighted by Crippen LogP contribution is -2.37. The molecule has 0 saturated carbocycles. The van der Waals surface area contributed by atoms with E-state index in [4.69, 9.17) is 4.74 Å². The second-order valence-electron chi connectivity index (χ2n) is 6.39. The first-order valence-electron chi connectivity index (χ1n) is 8.64. The molecule has 136 valence electrons. The first-order chi connectivity index (χ1) is 12.5. The van der Waals surface area contributed by atoms with Crippen LogP contribution in [0.1, 0.15) is 38.3 Å². The number of anilines is 1. The van der Waals surface area contributed by atoms with Gasteiger partial charge in [-0.1, -0.05) is 0 Å². The van der Waals surface area contributed by atoms with Crippen molar-refractivity contribution in [3.8, 4) is 11.6 Å². The highest BCUT2D eigenvalue weighted by Gasteiger charge is 2.24. The molecule has 7 heteroatoms. The number of aromatic nitrogens is 2. The van der Waals surface area contributed by atoms with Gasteiger partial charge in [0.1, 0.15) is 5.75 Å². The summed E-state index contributed by atoms with van der Waals surface area (Å²) in [6.45, 7) is 4.52. The van der Waals surface area contributed by atoms with Gasteiger partial charge in [0.15, 0.2) is 0 Å². The highest BCUT2D eigenvalue weighted by molar-refractivity contribution is 5.88. The van der Waals surface area contributed by atoms with Crippen LogP contribution in [-0.4, -0.2) is 39.8 Å². The van der Waals surface area contributed by atoms with Crippen LogP contribution >= 0.6 is 0 Å². The van der Waals surface area contributed by atoms with E-state index in [1.807, 2.05) is 4.90 Å². The average Bonchev–Trinajstić information content (AvgIpc) is 2.63. The molecule has 1 aliphatic rings. The highest BCUT2D eigenvalue weighted by atomic mass is 16.5. The van der Waals surface area contributed by atoms with Gasteiger partial charge < -0.3 is 15.0 Å². The topological polar surface area (TPSA) is 84.4 Å². The lowest BCUT2D eigenvalue weighted by atomic mass is 9.95. The third kappa shape index (κ3) is 4.56. The molecular weight excluding hydrogens is 332 g/mol. The van der Waals surface area contributed by atoms with Gasteiger partial charge in [-0.15, -0.1) is 0 Å². The number of carbonyl (C=O) groups is 2. The van der Waals surface area contributed by atoms with Crippen molar-refractivity contribution in [2.24, 2.45) is 0 Å². The fourth-order valence-electron chi connectivity index (χ4n) is 3.04. The summed E-state index contributed by atoms with van der Waals surface area (Å²) in [7, 11) is 0. The average molecular weight is 354 g/mol. The second-order valence-corrected chi connectivity index (χ2v) is 6.39. The Balaban J connectivity index is 1.69. The molecule has 0 radical (unpaired) electrons. The number of nitrogens with one attached hydrogen (secondary N) is 1. The fourth-order valence-corrected chi connectivity index (χ4v) is 3.04. The number of hydrogen-bond acceptors (Lipinski definition) is 5. The van der Waals surface area contributed by atoms with E-state index >= 15 is 0 Å². The number of benzene rings is 1. The molecule has 0 bridgehead atoms. The Labute approximate surface area is 152 Å². The zero-order valence-corrected chi connectivity index (χ0v) is 14.9. The van der Waals surface area contributed by atoms with Crippen LogP contribution < -0.4 is 10.1 Å². The molecule has 1 aromatic carbocycles. The molecule has 1 aromatic heterocycles. The smallest absolute Gasteiger partial charge is 0.238 e. The van der Waals surface area contributed by atoms with Gasteiger partial charge in [0.05, 0.1) is 11.9 Å². The first-order valence-corrected chi connectivity index (χ1v) is 8.64. The van der Waals surface area contributed by atoms with Crippen LogP contribution in [0.15, 0.2) is 36.7 Å². The lowest BCUT2D eigenvalue weighted by molar-refractivity contribution is -0.130. The fraction of sp³-hybridized carbons (Fsp3) is 0.368. The van der Waals surface area contributed by atoms with Gasteiger partial charge in [-0.2, -0.15) is 0 Å². The van der Waals surface area contributed by atoms with Crippen molar-refractivity contribution >= 4 is 17.5 Å². The van der Waals surface area contributed by atoms with Crippen LogP contribution in [0.3, 0.4) is 0 Å². The molecular formula is C19H22N4O3. The van der Waals surface area contributed by atoms with Crippen molar-refractivity contribution in [2.75, 3.05) is 18.4 Å². The number of ether oxygens (including phenoxy) is 1. The van der Waals surface area contributed by atoms with E-state index < -0.39 is 0 Å². The van der Waals surface area contributed by atoms with Crippen molar-refractivity contribution in [1.82, 2.24) is 14.9 Å². The summed E-state index contributed by atoms with van der Waals surface area (Å²) in [5.74, 6) is 1.17. The number of rotatable bonds is 4. The first kappa shape index (κ1) is 17.8. The van der Waals surface area contributed by atoms with E-state index in [2.05, 4.69) is 15.3 Å². The molecule has 1 atom stereocenters. The molecule has 1 aliphatic heterocycles. The Morgan fingerprint density at radius 3 is 2.65 bits per heavy atom. The molecule has 2 aromatic rings. The Kier molecular flexibility index (Phi) is 5.46. The van der Waals surface area contributed by atoms with E-state index in [-0.39, 0.29) is 17.7 Å². The standard InChI is InChI=1S/C19H22N4O3/c1-13(24)21-16-5-7-17(8-6-16)26-19-11-20-10-18(22-19)15-4-3-9-23(12-15)14(2)25/h5-8,10-11,15H,3-4,9,12H2,1-2H3,(H,21,24)/t15-/m0/s1. The second kappa shape index (κ2) is 7.95. The highest BCUT2D eigenvalue weighted by Crippen LogP contribution is 2.27. The van der Waals surface area contributed by atoms with Crippen LogP contribution in [0.5, 0.6) is 11.6 Å². The zero-order chi connectivity index (χ0) is 18.5. The number of likely N-dealkylation sites (tertiary alicyclic amines) is 1. The molecule has 0 aliphatic carbocycles. The summed E-state index contributed by atoms with van der Waals surface area (Å²) in [5, 5.41) is 2.71. The van der Waals surface area contributed by atoms with E-state index in [9.17, 15) is 9.59 Å². The number of carbonyl (C=O) groups excluding carboxylic acids is 2. The summed E-state index contributed by atoms with van der Waals surface area (Å²) in [5.41, 5.74) is 1.54. The van der Waals surface area contributed by atoms with Crippen molar-refractivity contribution in [3.05, 3.63) is 42.4 Å². The van der Waals surface area contributed by atoms with Crippen molar-refractivity contribution in [1.29, 1.82) is 0 Å². The van der Waals surface area contributed by atoms with Gasteiger partial charge in [-0.25, -0.2) is 4.98 Å². The molecule has 3 rings (SSSR count). The minimum absolute atomic E-state index is 0.0920. The van der Waals surface area contributed by atoms with E-state index in [1.165, 1.54) is 6.92 Å². The minimum Gasteiger partial charge on any atom is -0.437 e. The minimum atomic E-state index is -0.121. The van der Waals surface area contributed by atoms with E-state index in [0.717, 1.165) is 25.1 Å². The maximum atomic E-state index is 11.6. The number of piperidine rings is 1. The predicted octanol–water partition coefficient (Wildman–Crippen LogP) is 2.95. The maximum Gasteiger partial charge on any atom is 0.238 e. The molecule has 1 saturated heterocycles. The monoisotopic (exact) mass is 354 g/mol. The zero-order valence-electron chi connectivity index (χ0n) is 14.9. The van der Waals surface area contributed by atoms with Crippen LogP contribution in [0.2, 0.25) is 0 Å². The molecule has 2 heterocycles. The third-order valence-corrected chi connectivity index (χ3v) is 4.31. The van der Waals surface area contributed by atoms with E-state index in [0.29, 0.717) is 23.9 Å². The van der Waals surface area contributed by atoms with Crippen LogP contribution in [-0.2, 0) is 9.59 Å². The largest absolute Gasteiger partial charge is 0.437 e. The van der Waals surface area contributed by atoms with Gasteiger partial charge in [-0.3, -0.25) is 14.6 Å². The Hall–Kier alpha value is -2.96. The van der Waals surface area contributed by atoms with Crippen LogP contribution in [0, 0.1) is 0 Å². The number of hydrogen-bond donors (Lipinski definition) is 1. The Bertz CT molecular complexity index is 792. The maximum absolute atomic E-state index is 11.6. The Morgan fingerprint density at radius 1 is 1.19 bits per heavy atom. The van der Waals surface area contributed by atoms with Gasteiger partial charge in [0.2, 0.25) is 17.7 Å². The quantitative estimate of drug-likeness (QED) is 0.912. The SMILES string of the molecule is CC(=O)Nc1ccc(Oc2cncc([C@H]3CCCN(C(C)=O)C3)n2)cc1. The molecule has 1 fully saturated rings. The molecule has 0 unspecified atom stereocenters. The van der Waals surface area contributed by atoms with Gasteiger partial charge >= 0.3 is 0 Å². The van der Waals surface area contributed by atoms with Crippen LogP contribution in [0.4, 0.5) is 5.69 Å². The summed E-state index contributed by atoms with van der Waals surface area (Å²) >= 11 is 0. The molecule has 7 nitrogen and oxygen atoms in total. The number of amides is 2. The summed E-state index contributed by atoms with van der Waals surface area (Å²) in [6.07, 6.45) is 5.24. The Morgan fingerprint density at radius 2 is 1.96 bits per heavy atom. The summed E-state index contributed by atoms with van der Waals surface area (Å²) in [6, 6.07) is 7.05. The van der Waals surface area contributed by atoms with Gasteiger partial charge in [0.25, 0.3) is 0 Å². The molecule has 2 amide bonds. The van der Waals surface area contributed by atoms with Crippen molar-refractivity contribution < 1.29 is 14.3 Å². The van der Waals surface area contributed by atoms with Gasteiger partial charge in [0, 0.05) is 44.7 Å². The van der Waals surface area contributed by atoms with Gasteiger partial charge in [-0.05, 0) is 37.1 Å².